The lowest BCUT2D eigenvalue weighted by Gasteiger charge is -2.21. The molecule has 186 valence electrons. The van der Waals surface area contributed by atoms with Crippen molar-refractivity contribution in [1.82, 2.24) is 4.90 Å². The molecule has 9 heteroatoms. The SMILES string of the molecule is COc1ccc(CCN2C(=O)N(c3ccc(F)cc3)C(=O)[C@@H]2CC(=O)Nc2ccc(OC)cc2)cc1. The number of imide groups is 1. The Morgan fingerprint density at radius 1 is 0.889 bits per heavy atom. The van der Waals surface area contributed by atoms with Gasteiger partial charge in [0.15, 0.2) is 0 Å². The van der Waals surface area contributed by atoms with Crippen LogP contribution in [0.3, 0.4) is 0 Å². The highest BCUT2D eigenvalue weighted by molar-refractivity contribution is 6.22. The molecule has 1 fully saturated rings. The second-order valence-corrected chi connectivity index (χ2v) is 8.22. The van der Waals surface area contributed by atoms with Gasteiger partial charge in [-0.25, -0.2) is 14.1 Å². The van der Waals surface area contributed by atoms with E-state index in [0.29, 0.717) is 23.6 Å². The molecule has 0 aliphatic carbocycles. The normalized spacial score (nSPS) is 15.2. The highest BCUT2D eigenvalue weighted by Gasteiger charge is 2.46. The fourth-order valence-electron chi connectivity index (χ4n) is 4.02. The third-order valence-corrected chi connectivity index (χ3v) is 5.96. The van der Waals surface area contributed by atoms with Crippen LogP contribution < -0.4 is 19.7 Å². The average molecular weight is 492 g/mol. The van der Waals surface area contributed by atoms with E-state index in [1.165, 1.54) is 29.2 Å². The van der Waals surface area contributed by atoms with Crippen molar-refractivity contribution in [2.75, 3.05) is 31.0 Å². The Bertz CT molecular complexity index is 1230. The molecule has 1 aliphatic heterocycles. The molecule has 3 aromatic rings. The summed E-state index contributed by atoms with van der Waals surface area (Å²) in [5.41, 5.74) is 1.73. The molecule has 0 unspecified atom stereocenters. The number of carbonyl (C=O) groups excluding carboxylic acids is 3. The molecule has 4 rings (SSSR count). The van der Waals surface area contributed by atoms with Gasteiger partial charge in [0.25, 0.3) is 5.91 Å². The Morgan fingerprint density at radius 2 is 1.47 bits per heavy atom. The summed E-state index contributed by atoms with van der Waals surface area (Å²) in [6.45, 7) is 0.217. The van der Waals surface area contributed by atoms with Crippen LogP contribution in [0.25, 0.3) is 0 Å². The van der Waals surface area contributed by atoms with Gasteiger partial charge < -0.3 is 19.7 Å². The van der Waals surface area contributed by atoms with Crippen molar-refractivity contribution in [2.45, 2.75) is 18.9 Å². The minimum Gasteiger partial charge on any atom is -0.497 e. The summed E-state index contributed by atoms with van der Waals surface area (Å²) in [5, 5.41) is 2.76. The van der Waals surface area contributed by atoms with Gasteiger partial charge in [-0.15, -0.1) is 0 Å². The van der Waals surface area contributed by atoms with E-state index in [2.05, 4.69) is 5.32 Å². The van der Waals surface area contributed by atoms with Crippen LogP contribution in [0.4, 0.5) is 20.6 Å². The van der Waals surface area contributed by atoms with Crippen LogP contribution in [0.1, 0.15) is 12.0 Å². The number of carbonyl (C=O) groups is 3. The molecule has 0 saturated carbocycles. The summed E-state index contributed by atoms with van der Waals surface area (Å²) in [7, 11) is 3.12. The predicted octanol–water partition coefficient (Wildman–Crippen LogP) is 4.25. The molecular formula is C27H26FN3O5. The Balaban J connectivity index is 1.53. The molecule has 1 N–H and O–H groups in total. The van der Waals surface area contributed by atoms with Crippen molar-refractivity contribution in [3.05, 3.63) is 84.2 Å². The molecule has 0 aromatic heterocycles. The summed E-state index contributed by atoms with van der Waals surface area (Å²) in [6, 6.07) is 17.7. The second kappa shape index (κ2) is 10.9. The topological polar surface area (TPSA) is 88.2 Å². The highest BCUT2D eigenvalue weighted by Crippen LogP contribution is 2.28. The van der Waals surface area contributed by atoms with Crippen LogP contribution in [0, 0.1) is 5.82 Å². The lowest BCUT2D eigenvalue weighted by atomic mass is 10.1. The van der Waals surface area contributed by atoms with Crippen molar-refractivity contribution in [3.8, 4) is 11.5 Å². The molecule has 1 heterocycles. The summed E-state index contributed by atoms with van der Waals surface area (Å²) >= 11 is 0. The first-order valence-corrected chi connectivity index (χ1v) is 11.4. The third kappa shape index (κ3) is 5.46. The van der Waals surface area contributed by atoms with Gasteiger partial charge in [0.05, 0.1) is 26.3 Å². The number of amides is 4. The van der Waals surface area contributed by atoms with Crippen LogP contribution >= 0.6 is 0 Å². The maximum atomic E-state index is 13.4. The van der Waals surface area contributed by atoms with Gasteiger partial charge >= 0.3 is 6.03 Å². The van der Waals surface area contributed by atoms with Crippen molar-refractivity contribution in [1.29, 1.82) is 0 Å². The molecule has 1 saturated heterocycles. The molecule has 36 heavy (non-hydrogen) atoms. The molecule has 3 aromatic carbocycles. The van der Waals surface area contributed by atoms with E-state index in [-0.39, 0.29) is 18.7 Å². The van der Waals surface area contributed by atoms with Crippen LogP contribution in [0.2, 0.25) is 0 Å². The zero-order valence-electron chi connectivity index (χ0n) is 19.9. The van der Waals surface area contributed by atoms with Crippen LogP contribution in [0.5, 0.6) is 11.5 Å². The zero-order chi connectivity index (χ0) is 25.7. The van der Waals surface area contributed by atoms with Crippen molar-refractivity contribution in [2.24, 2.45) is 0 Å². The summed E-state index contributed by atoms with van der Waals surface area (Å²) in [4.78, 5) is 41.9. The molecule has 1 aliphatic rings. The van der Waals surface area contributed by atoms with Crippen LogP contribution in [0.15, 0.2) is 72.8 Å². The lowest BCUT2D eigenvalue weighted by Crippen LogP contribution is -2.39. The fourth-order valence-corrected chi connectivity index (χ4v) is 4.02. The molecular weight excluding hydrogens is 465 g/mol. The molecule has 8 nitrogen and oxygen atoms in total. The monoisotopic (exact) mass is 491 g/mol. The van der Waals surface area contributed by atoms with E-state index < -0.39 is 29.7 Å². The number of rotatable bonds is 9. The molecule has 0 radical (unpaired) electrons. The average Bonchev–Trinajstić information content (AvgIpc) is 3.12. The first-order chi connectivity index (χ1) is 17.4. The van der Waals surface area contributed by atoms with Gasteiger partial charge in [-0.05, 0) is 72.6 Å². The Kier molecular flexibility index (Phi) is 7.48. The molecule has 1 atom stereocenters. The molecule has 0 spiro atoms. The standard InChI is InChI=1S/C27H26FN3O5/c1-35-22-11-3-18(4-12-22)15-16-30-24(17-25(32)29-20-7-13-23(36-2)14-8-20)26(33)31(27(30)34)21-9-5-19(28)6-10-21/h3-14,24H,15-17H2,1-2H3,(H,29,32)/t24-/m0/s1. The first kappa shape index (κ1) is 24.7. The first-order valence-electron chi connectivity index (χ1n) is 11.4. The predicted molar refractivity (Wildman–Crippen MR) is 133 cm³/mol. The summed E-state index contributed by atoms with van der Waals surface area (Å²) in [5.74, 6) is -0.0801. The van der Waals surface area contributed by atoms with Gasteiger partial charge in [0.2, 0.25) is 5.91 Å². The number of nitrogens with one attached hydrogen (secondary N) is 1. The van der Waals surface area contributed by atoms with E-state index in [4.69, 9.17) is 9.47 Å². The largest absolute Gasteiger partial charge is 0.497 e. The van der Waals surface area contributed by atoms with E-state index in [0.717, 1.165) is 10.5 Å². The number of urea groups is 1. The Labute approximate surface area is 208 Å². The number of methoxy groups -OCH3 is 2. The molecule has 4 amide bonds. The number of anilines is 2. The number of nitrogens with zero attached hydrogens (tertiary/aromatic N) is 2. The van der Waals surface area contributed by atoms with Crippen LogP contribution in [-0.4, -0.2) is 49.6 Å². The third-order valence-electron chi connectivity index (χ3n) is 5.96. The summed E-state index contributed by atoms with van der Waals surface area (Å²) in [6.07, 6.45) is 0.244. The van der Waals surface area contributed by atoms with Crippen molar-refractivity contribution in [3.63, 3.8) is 0 Å². The Hall–Kier alpha value is -4.40. The van der Waals surface area contributed by atoms with E-state index >= 15 is 0 Å². The minimum absolute atomic E-state index is 0.217. The maximum Gasteiger partial charge on any atom is 0.332 e. The fraction of sp³-hybridized carbons (Fsp3) is 0.222. The van der Waals surface area contributed by atoms with Crippen molar-refractivity contribution >= 4 is 29.2 Å². The van der Waals surface area contributed by atoms with Gasteiger partial charge in [0, 0.05) is 12.2 Å². The summed E-state index contributed by atoms with van der Waals surface area (Å²) < 4.78 is 23.7. The zero-order valence-corrected chi connectivity index (χ0v) is 19.9. The lowest BCUT2D eigenvalue weighted by molar-refractivity contribution is -0.124. The van der Waals surface area contributed by atoms with Crippen LogP contribution in [-0.2, 0) is 16.0 Å². The quantitative estimate of drug-likeness (QED) is 0.452. The van der Waals surface area contributed by atoms with E-state index in [1.54, 1.807) is 38.5 Å². The van der Waals surface area contributed by atoms with Gasteiger partial charge in [-0.1, -0.05) is 12.1 Å². The van der Waals surface area contributed by atoms with E-state index in [1.807, 2.05) is 24.3 Å². The minimum atomic E-state index is -1.00. The maximum absolute atomic E-state index is 13.4. The number of hydrogen-bond donors (Lipinski definition) is 1. The second-order valence-electron chi connectivity index (χ2n) is 8.22. The van der Waals surface area contributed by atoms with Gasteiger partial charge in [0.1, 0.15) is 23.4 Å². The highest BCUT2D eigenvalue weighted by atomic mass is 19.1. The van der Waals surface area contributed by atoms with Gasteiger partial charge in [-0.2, -0.15) is 0 Å². The Morgan fingerprint density at radius 3 is 2.06 bits per heavy atom. The number of hydrogen-bond acceptors (Lipinski definition) is 5. The smallest absolute Gasteiger partial charge is 0.332 e. The number of ether oxygens (including phenoxy) is 2. The number of benzene rings is 3. The van der Waals surface area contributed by atoms with Crippen molar-refractivity contribution < 1.29 is 28.2 Å². The van der Waals surface area contributed by atoms with Gasteiger partial charge in [-0.3, -0.25) is 9.59 Å². The molecule has 0 bridgehead atoms. The van der Waals surface area contributed by atoms with E-state index in [9.17, 15) is 18.8 Å². The number of halogens is 1.